The van der Waals surface area contributed by atoms with Crippen molar-refractivity contribution in [2.75, 3.05) is 6.54 Å². The molecule has 0 aromatic rings. The summed E-state index contributed by atoms with van der Waals surface area (Å²) in [5.74, 6) is 0. The zero-order valence-corrected chi connectivity index (χ0v) is 8.12. The van der Waals surface area contributed by atoms with E-state index < -0.39 is 0 Å². The lowest BCUT2D eigenvalue weighted by molar-refractivity contribution is 0.563. The summed E-state index contributed by atoms with van der Waals surface area (Å²) in [6, 6.07) is 0. The highest BCUT2D eigenvalue weighted by atomic mass is 15.1. The monoisotopic (exact) mass is 177 g/mol. The van der Waals surface area contributed by atoms with E-state index in [1.807, 2.05) is 32.5 Å². The minimum atomic E-state index is 0.827. The largest absolute Gasteiger partial charge is 0.365 e. The molecular weight excluding hydrogens is 162 g/mol. The van der Waals surface area contributed by atoms with Gasteiger partial charge in [-0.25, -0.2) is 0 Å². The molecule has 0 saturated heterocycles. The number of rotatable bonds is 3. The third-order valence-corrected chi connectivity index (χ3v) is 1.63. The summed E-state index contributed by atoms with van der Waals surface area (Å²) >= 11 is 0. The van der Waals surface area contributed by atoms with Crippen molar-refractivity contribution >= 4 is 6.21 Å². The molecule has 0 fully saturated rings. The maximum atomic E-state index is 4.16. The van der Waals surface area contributed by atoms with E-state index in [9.17, 15) is 0 Å². The van der Waals surface area contributed by atoms with Crippen LogP contribution in [0.3, 0.4) is 0 Å². The van der Waals surface area contributed by atoms with Crippen LogP contribution in [0.15, 0.2) is 41.6 Å². The predicted molar refractivity (Wildman–Crippen MR) is 56.0 cm³/mol. The van der Waals surface area contributed by atoms with E-state index in [2.05, 4.69) is 21.8 Å². The van der Waals surface area contributed by atoms with Gasteiger partial charge in [-0.2, -0.15) is 0 Å². The Morgan fingerprint density at radius 2 is 2.54 bits per heavy atom. The highest BCUT2D eigenvalue weighted by Gasteiger charge is 1.99. The van der Waals surface area contributed by atoms with E-state index in [-0.39, 0.29) is 0 Å². The van der Waals surface area contributed by atoms with Crippen LogP contribution in [0.5, 0.6) is 0 Å². The zero-order valence-electron chi connectivity index (χ0n) is 8.12. The van der Waals surface area contributed by atoms with Crippen molar-refractivity contribution < 1.29 is 0 Å². The van der Waals surface area contributed by atoms with Crippen molar-refractivity contribution in [3.8, 4) is 0 Å². The van der Waals surface area contributed by atoms with Gasteiger partial charge < -0.3 is 10.2 Å². The molecule has 1 heterocycles. The molecule has 1 N–H and O–H groups in total. The Hall–Kier alpha value is -1.51. The van der Waals surface area contributed by atoms with Gasteiger partial charge in [-0.1, -0.05) is 6.58 Å². The van der Waals surface area contributed by atoms with Gasteiger partial charge in [0.05, 0.1) is 12.2 Å². The van der Waals surface area contributed by atoms with E-state index in [4.69, 9.17) is 0 Å². The molecule has 3 nitrogen and oxygen atoms in total. The molecule has 1 aliphatic heterocycles. The van der Waals surface area contributed by atoms with Crippen molar-refractivity contribution in [3.05, 3.63) is 36.6 Å². The van der Waals surface area contributed by atoms with Crippen LogP contribution in [0.2, 0.25) is 0 Å². The molecule has 0 aliphatic carbocycles. The Labute approximate surface area is 79.2 Å². The van der Waals surface area contributed by atoms with Crippen molar-refractivity contribution in [2.24, 2.45) is 4.99 Å². The van der Waals surface area contributed by atoms with Crippen LogP contribution >= 0.6 is 0 Å². The van der Waals surface area contributed by atoms with Gasteiger partial charge in [0.25, 0.3) is 0 Å². The van der Waals surface area contributed by atoms with Gasteiger partial charge in [0.2, 0.25) is 0 Å². The molecule has 70 valence electrons. The first-order valence-corrected chi connectivity index (χ1v) is 4.25. The molecule has 0 radical (unpaired) electrons. The fourth-order valence-corrected chi connectivity index (χ4v) is 1.14. The minimum Gasteiger partial charge on any atom is -0.365 e. The molecular formula is C10H15N3. The van der Waals surface area contributed by atoms with E-state index in [0.717, 1.165) is 17.9 Å². The summed E-state index contributed by atoms with van der Waals surface area (Å²) in [7, 11) is 0. The van der Waals surface area contributed by atoms with Gasteiger partial charge in [-0.15, -0.1) is 0 Å². The van der Waals surface area contributed by atoms with E-state index >= 15 is 0 Å². The number of hydrogen-bond acceptors (Lipinski definition) is 3. The van der Waals surface area contributed by atoms with Crippen molar-refractivity contribution in [1.82, 2.24) is 10.2 Å². The normalized spacial score (nSPS) is 16.9. The summed E-state index contributed by atoms with van der Waals surface area (Å²) in [5.41, 5.74) is 2.09. The average molecular weight is 177 g/mol. The highest BCUT2D eigenvalue weighted by molar-refractivity contribution is 5.63. The lowest BCUT2D eigenvalue weighted by atomic mass is 10.4. The van der Waals surface area contributed by atoms with Crippen LogP contribution in [0.1, 0.15) is 13.8 Å². The molecule has 3 heteroatoms. The Bertz CT molecular complexity index is 274. The van der Waals surface area contributed by atoms with E-state index in [1.165, 1.54) is 0 Å². The lowest BCUT2D eigenvalue weighted by Gasteiger charge is -2.18. The maximum absolute atomic E-state index is 4.16. The fraction of sp³-hybridized carbons (Fsp3) is 0.300. The first-order chi connectivity index (χ1) is 6.22. The summed E-state index contributed by atoms with van der Waals surface area (Å²) in [5, 5.41) is 3.02. The summed E-state index contributed by atoms with van der Waals surface area (Å²) in [6.07, 6.45) is 7.60. The Balaban J connectivity index is 2.59. The Morgan fingerprint density at radius 1 is 1.77 bits per heavy atom. The highest BCUT2D eigenvalue weighted by Crippen LogP contribution is 2.05. The fourth-order valence-electron chi connectivity index (χ4n) is 1.14. The molecule has 1 rings (SSSR count). The van der Waals surface area contributed by atoms with Crippen LogP contribution in [0.4, 0.5) is 0 Å². The summed E-state index contributed by atoms with van der Waals surface area (Å²) in [6.45, 7) is 8.40. The van der Waals surface area contributed by atoms with Crippen molar-refractivity contribution in [2.45, 2.75) is 13.8 Å². The molecule has 1 aliphatic rings. The second-order valence-electron chi connectivity index (χ2n) is 2.94. The third kappa shape index (κ3) is 3.15. The SMILES string of the molecule is C=CN/C(C)=C/N1C=C(C)N=CC1. The molecule has 0 bridgehead atoms. The number of nitrogens with zero attached hydrogens (tertiary/aromatic N) is 2. The number of allylic oxidation sites excluding steroid dienone is 2. The molecule has 0 aromatic heterocycles. The molecule has 0 spiro atoms. The first-order valence-electron chi connectivity index (χ1n) is 4.25. The topological polar surface area (TPSA) is 27.6 Å². The van der Waals surface area contributed by atoms with Gasteiger partial charge in [0.1, 0.15) is 0 Å². The molecule has 0 saturated carbocycles. The van der Waals surface area contributed by atoms with E-state index in [1.54, 1.807) is 6.20 Å². The zero-order chi connectivity index (χ0) is 9.68. The summed E-state index contributed by atoms with van der Waals surface area (Å²) < 4.78 is 0. The molecule has 0 amide bonds. The molecule has 0 unspecified atom stereocenters. The number of hydrogen-bond donors (Lipinski definition) is 1. The van der Waals surface area contributed by atoms with Gasteiger partial charge >= 0.3 is 0 Å². The smallest absolute Gasteiger partial charge is 0.0574 e. The molecule has 0 atom stereocenters. The predicted octanol–water partition coefficient (Wildman–Crippen LogP) is 1.83. The third-order valence-electron chi connectivity index (χ3n) is 1.63. The number of nitrogens with one attached hydrogen (secondary N) is 1. The van der Waals surface area contributed by atoms with Gasteiger partial charge in [-0.05, 0) is 20.0 Å². The Morgan fingerprint density at radius 3 is 3.15 bits per heavy atom. The molecule has 0 aromatic carbocycles. The number of aliphatic imine (C=N–C) groups is 1. The Kier molecular flexibility index (Phi) is 3.31. The maximum Gasteiger partial charge on any atom is 0.0574 e. The van der Waals surface area contributed by atoms with Gasteiger partial charge in [-0.3, -0.25) is 4.99 Å². The second kappa shape index (κ2) is 4.50. The minimum absolute atomic E-state index is 0.827. The van der Waals surface area contributed by atoms with Crippen LogP contribution in [-0.4, -0.2) is 17.7 Å². The summed E-state index contributed by atoms with van der Waals surface area (Å²) in [4.78, 5) is 6.24. The quantitative estimate of drug-likeness (QED) is 0.712. The van der Waals surface area contributed by atoms with Gasteiger partial charge in [0.15, 0.2) is 0 Å². The molecule has 13 heavy (non-hydrogen) atoms. The first kappa shape index (κ1) is 9.58. The van der Waals surface area contributed by atoms with Crippen LogP contribution < -0.4 is 5.32 Å². The van der Waals surface area contributed by atoms with Crippen molar-refractivity contribution in [3.63, 3.8) is 0 Å². The van der Waals surface area contributed by atoms with Crippen LogP contribution in [0, 0.1) is 0 Å². The average Bonchev–Trinajstić information content (AvgIpc) is 2.04. The van der Waals surface area contributed by atoms with E-state index in [0.29, 0.717) is 0 Å². The van der Waals surface area contributed by atoms with Crippen LogP contribution in [0.25, 0.3) is 0 Å². The second-order valence-corrected chi connectivity index (χ2v) is 2.94. The standard InChI is InChI=1S/C10H15N3/c1-4-11-9(2)7-13-6-5-12-10(3)8-13/h4-5,7-8,11H,1,6H2,2-3H3/b9-7+. The van der Waals surface area contributed by atoms with Crippen molar-refractivity contribution in [1.29, 1.82) is 0 Å². The van der Waals surface area contributed by atoms with Crippen LogP contribution in [-0.2, 0) is 0 Å². The lowest BCUT2D eigenvalue weighted by Crippen LogP contribution is -2.18. The van der Waals surface area contributed by atoms with Gasteiger partial charge in [0, 0.05) is 24.3 Å².